The van der Waals surface area contributed by atoms with Crippen LogP contribution in [0.25, 0.3) is 0 Å². The molecule has 33 heavy (non-hydrogen) atoms. The third kappa shape index (κ3) is 5.08. The van der Waals surface area contributed by atoms with E-state index in [1.807, 2.05) is 47.4 Å². The number of benzene rings is 2. The van der Waals surface area contributed by atoms with Gasteiger partial charge in [-0.25, -0.2) is 4.79 Å². The number of urea groups is 1. The zero-order valence-corrected chi connectivity index (χ0v) is 18.7. The number of pyridine rings is 1. The summed E-state index contributed by atoms with van der Waals surface area (Å²) in [5, 5.41) is 3.02. The van der Waals surface area contributed by atoms with Crippen molar-refractivity contribution in [3.05, 3.63) is 95.8 Å². The number of aromatic nitrogens is 1. The molecule has 0 saturated carbocycles. The maximum absolute atomic E-state index is 12.9. The highest BCUT2D eigenvalue weighted by atomic mass is 16.2. The van der Waals surface area contributed by atoms with Crippen LogP contribution in [-0.4, -0.2) is 53.0 Å². The van der Waals surface area contributed by atoms with Crippen LogP contribution in [0.2, 0.25) is 0 Å². The minimum Gasteiger partial charge on any atom is -0.323 e. The molecule has 5 rings (SSSR count). The van der Waals surface area contributed by atoms with Gasteiger partial charge in [0.05, 0.1) is 0 Å². The second-order valence-corrected chi connectivity index (χ2v) is 8.73. The van der Waals surface area contributed by atoms with Gasteiger partial charge in [0, 0.05) is 60.8 Å². The van der Waals surface area contributed by atoms with Gasteiger partial charge in [0.25, 0.3) is 0 Å². The van der Waals surface area contributed by atoms with Crippen LogP contribution >= 0.6 is 0 Å². The van der Waals surface area contributed by atoms with E-state index in [-0.39, 0.29) is 6.03 Å². The Morgan fingerprint density at radius 1 is 0.848 bits per heavy atom. The Labute approximate surface area is 195 Å². The molecule has 2 fully saturated rings. The van der Waals surface area contributed by atoms with Gasteiger partial charge >= 0.3 is 6.03 Å². The molecule has 0 radical (unpaired) electrons. The predicted molar refractivity (Wildman–Crippen MR) is 131 cm³/mol. The molecule has 0 spiro atoms. The summed E-state index contributed by atoms with van der Waals surface area (Å²) in [7, 11) is 0. The van der Waals surface area contributed by atoms with E-state index in [1.165, 1.54) is 5.56 Å². The summed E-state index contributed by atoms with van der Waals surface area (Å²) < 4.78 is 0. The average molecular weight is 437 g/mol. The van der Waals surface area contributed by atoms with Crippen molar-refractivity contribution in [3.63, 3.8) is 0 Å². The molecule has 3 heterocycles. The van der Waals surface area contributed by atoms with Crippen LogP contribution in [0.15, 0.2) is 79.1 Å². The Hall–Kier alpha value is -3.62. The number of nitrogens with one attached hydrogen (secondary N) is 1. The minimum atomic E-state index is -0.0276. The number of rotatable bonds is 2. The van der Waals surface area contributed by atoms with Gasteiger partial charge in [-0.05, 0) is 61.3 Å². The summed E-state index contributed by atoms with van der Waals surface area (Å²) in [6.45, 7) is 3.71. The summed E-state index contributed by atoms with van der Waals surface area (Å²) in [4.78, 5) is 21.5. The summed E-state index contributed by atoms with van der Waals surface area (Å²) >= 11 is 0. The Kier molecular flexibility index (Phi) is 6.37. The molecule has 0 bridgehead atoms. The lowest BCUT2D eigenvalue weighted by Crippen LogP contribution is -2.61. The van der Waals surface area contributed by atoms with E-state index >= 15 is 0 Å². The number of hydrogen-bond acceptors (Lipinski definition) is 3. The number of fused-ring (bicyclic) bond motifs is 1. The molecule has 3 aromatic rings. The van der Waals surface area contributed by atoms with Gasteiger partial charge in [-0.3, -0.25) is 9.88 Å². The van der Waals surface area contributed by atoms with Crippen molar-refractivity contribution in [1.29, 1.82) is 0 Å². The van der Waals surface area contributed by atoms with Crippen molar-refractivity contribution in [1.82, 2.24) is 14.8 Å². The molecule has 2 amide bonds. The molecule has 166 valence electrons. The van der Waals surface area contributed by atoms with Crippen LogP contribution < -0.4 is 5.32 Å². The molecule has 2 aromatic carbocycles. The first-order valence-corrected chi connectivity index (χ1v) is 11.6. The zero-order chi connectivity index (χ0) is 22.5. The number of nitrogens with zero attached hydrogens (tertiary/aromatic N) is 3. The second kappa shape index (κ2) is 9.89. The smallest absolute Gasteiger partial charge is 0.321 e. The van der Waals surface area contributed by atoms with Crippen LogP contribution in [-0.2, 0) is 0 Å². The maximum Gasteiger partial charge on any atom is 0.321 e. The van der Waals surface area contributed by atoms with Crippen molar-refractivity contribution < 1.29 is 4.79 Å². The third-order valence-corrected chi connectivity index (χ3v) is 6.58. The molecule has 1 N–H and O–H groups in total. The molecule has 0 aliphatic carbocycles. The lowest BCUT2D eigenvalue weighted by atomic mass is 9.81. The number of carbonyl (C=O) groups excluding carboxylic acids is 1. The van der Waals surface area contributed by atoms with Crippen LogP contribution in [0.4, 0.5) is 10.5 Å². The fourth-order valence-electron chi connectivity index (χ4n) is 4.69. The van der Waals surface area contributed by atoms with Crippen molar-refractivity contribution in [2.75, 3.05) is 31.5 Å². The fourth-order valence-corrected chi connectivity index (χ4v) is 4.69. The van der Waals surface area contributed by atoms with E-state index in [4.69, 9.17) is 0 Å². The first-order chi connectivity index (χ1) is 16.3. The monoisotopic (exact) mass is 436 g/mol. The Balaban J connectivity index is 1.26. The third-order valence-electron chi connectivity index (χ3n) is 6.58. The molecule has 2 saturated heterocycles. The Morgan fingerprint density at radius 3 is 2.30 bits per heavy atom. The highest BCUT2D eigenvalue weighted by Crippen LogP contribution is 2.36. The molecule has 5 nitrogen and oxygen atoms in total. The highest BCUT2D eigenvalue weighted by Gasteiger charge is 2.41. The molecule has 0 unspecified atom stereocenters. The highest BCUT2D eigenvalue weighted by molar-refractivity contribution is 5.89. The van der Waals surface area contributed by atoms with Gasteiger partial charge in [-0.1, -0.05) is 42.2 Å². The lowest BCUT2D eigenvalue weighted by molar-refractivity contribution is 0.0272. The number of hydrogen-bond donors (Lipinski definition) is 1. The largest absolute Gasteiger partial charge is 0.323 e. The first-order valence-electron chi connectivity index (χ1n) is 11.6. The van der Waals surface area contributed by atoms with Crippen LogP contribution in [0.3, 0.4) is 0 Å². The van der Waals surface area contributed by atoms with Crippen molar-refractivity contribution in [2.24, 2.45) is 0 Å². The Bertz CT molecular complexity index is 1140. The molecular weight excluding hydrogens is 408 g/mol. The quantitative estimate of drug-likeness (QED) is 0.599. The Morgan fingerprint density at radius 2 is 1.55 bits per heavy atom. The molecule has 2 aliphatic heterocycles. The van der Waals surface area contributed by atoms with Crippen molar-refractivity contribution in [2.45, 2.75) is 24.8 Å². The lowest BCUT2D eigenvalue weighted by Gasteiger charge is -2.51. The molecule has 1 aromatic heterocycles. The van der Waals surface area contributed by atoms with E-state index in [9.17, 15) is 4.79 Å². The average Bonchev–Trinajstić information content (AvgIpc) is 2.84. The van der Waals surface area contributed by atoms with Crippen LogP contribution in [0.5, 0.6) is 0 Å². The SMILES string of the molecule is O=C(Nc1ccncc1)N1CCCCN2C[C@H](c3ccc(C#Cc4ccccc4)cc3)[C@@H]2C1. The molecule has 2 atom stereocenters. The standard InChI is InChI=1S/C28H28N4O/c33-28(30-25-14-16-29-17-15-25)32-19-5-4-18-31-20-26(27(31)21-32)24-12-10-23(11-13-24)9-8-22-6-2-1-3-7-22/h1-3,6-7,10-17,26-27H,4-5,18-21H2,(H,29,30,33)/t26-,27+/m1/s1. The summed E-state index contributed by atoms with van der Waals surface area (Å²) in [6, 6.07) is 22.7. The number of anilines is 1. The minimum absolute atomic E-state index is 0.0276. The van der Waals surface area contributed by atoms with Gasteiger partial charge in [-0.2, -0.15) is 0 Å². The van der Waals surface area contributed by atoms with E-state index in [1.54, 1.807) is 12.4 Å². The molecule has 2 aliphatic rings. The van der Waals surface area contributed by atoms with Gasteiger partial charge in [0.15, 0.2) is 0 Å². The van der Waals surface area contributed by atoms with Gasteiger partial charge in [0.2, 0.25) is 0 Å². The van der Waals surface area contributed by atoms with Crippen molar-refractivity contribution in [3.8, 4) is 11.8 Å². The molecule has 5 heteroatoms. The summed E-state index contributed by atoms with van der Waals surface area (Å²) in [5.74, 6) is 6.92. The fraction of sp³-hybridized carbons (Fsp3) is 0.286. The molecular formula is C28H28N4O. The topological polar surface area (TPSA) is 48.5 Å². The summed E-state index contributed by atoms with van der Waals surface area (Å²) in [6.07, 6.45) is 5.55. The second-order valence-electron chi connectivity index (χ2n) is 8.73. The zero-order valence-electron chi connectivity index (χ0n) is 18.7. The van der Waals surface area contributed by atoms with Crippen LogP contribution in [0.1, 0.15) is 35.4 Å². The van der Waals surface area contributed by atoms with Crippen molar-refractivity contribution >= 4 is 11.7 Å². The van der Waals surface area contributed by atoms with Gasteiger partial charge in [-0.15, -0.1) is 0 Å². The number of carbonyl (C=O) groups is 1. The number of amides is 2. The summed E-state index contributed by atoms with van der Waals surface area (Å²) in [5.41, 5.74) is 4.16. The van der Waals surface area contributed by atoms with Gasteiger partial charge < -0.3 is 10.2 Å². The maximum atomic E-state index is 12.9. The van der Waals surface area contributed by atoms with E-state index in [0.717, 1.165) is 55.8 Å². The predicted octanol–water partition coefficient (Wildman–Crippen LogP) is 4.58. The first kappa shape index (κ1) is 21.2. The normalized spacial score (nSPS) is 20.3. The van der Waals surface area contributed by atoms with E-state index < -0.39 is 0 Å². The van der Waals surface area contributed by atoms with E-state index in [2.05, 4.69) is 51.3 Å². The van der Waals surface area contributed by atoms with E-state index in [0.29, 0.717) is 12.0 Å². The van der Waals surface area contributed by atoms with Crippen LogP contribution in [0, 0.1) is 11.8 Å². The van der Waals surface area contributed by atoms with Gasteiger partial charge in [0.1, 0.15) is 0 Å².